The molecule has 1 N–H and O–H groups in total. The second-order valence-electron chi connectivity index (χ2n) is 7.60. The molecular formula is C17H25BFNO3. The summed E-state index contributed by atoms with van der Waals surface area (Å²) in [7, 11) is -0.770. The number of nitrogens with one attached hydrogen (secondary N) is 1. The summed E-state index contributed by atoms with van der Waals surface area (Å²) in [4.78, 5) is 11.4. The number of hydrogen-bond acceptors (Lipinski definition) is 3. The number of benzene rings is 1. The molecule has 23 heavy (non-hydrogen) atoms. The maximum Gasteiger partial charge on any atom is 0.497 e. The summed E-state index contributed by atoms with van der Waals surface area (Å²) in [6.07, 6.45) is 0. The largest absolute Gasteiger partial charge is 0.497 e. The third-order valence-corrected chi connectivity index (χ3v) is 4.70. The van der Waals surface area contributed by atoms with Gasteiger partial charge in [0, 0.05) is 17.9 Å². The van der Waals surface area contributed by atoms with Crippen LogP contribution >= 0.6 is 0 Å². The zero-order valence-corrected chi connectivity index (χ0v) is 14.9. The third kappa shape index (κ3) is 3.28. The van der Waals surface area contributed by atoms with Crippen LogP contribution in [0.2, 0.25) is 0 Å². The zero-order chi connectivity index (χ0) is 17.6. The van der Waals surface area contributed by atoms with Crippen LogP contribution in [0.4, 0.5) is 4.39 Å². The molecule has 1 aromatic rings. The van der Waals surface area contributed by atoms with Gasteiger partial charge in [0.2, 0.25) is 5.91 Å². The minimum atomic E-state index is -0.824. The van der Waals surface area contributed by atoms with Crippen molar-refractivity contribution >= 4 is 18.5 Å². The molecule has 0 aromatic heterocycles. The summed E-state index contributed by atoms with van der Waals surface area (Å²) < 4.78 is 26.9. The van der Waals surface area contributed by atoms with E-state index in [4.69, 9.17) is 9.31 Å². The molecule has 1 heterocycles. The minimum Gasteiger partial charge on any atom is -0.399 e. The quantitative estimate of drug-likeness (QED) is 0.870. The monoisotopic (exact) mass is 321 g/mol. The van der Waals surface area contributed by atoms with E-state index in [1.54, 1.807) is 32.0 Å². The Morgan fingerprint density at radius 1 is 1.17 bits per heavy atom. The summed E-state index contributed by atoms with van der Waals surface area (Å²) in [6.45, 7) is 12.7. The molecule has 0 atom stereocenters. The molecule has 1 aliphatic heterocycles. The highest BCUT2D eigenvalue weighted by Gasteiger charge is 2.52. The molecule has 126 valence electrons. The Bertz CT molecular complexity index is 612. The van der Waals surface area contributed by atoms with Crippen molar-refractivity contribution in [2.45, 2.75) is 65.2 Å². The van der Waals surface area contributed by atoms with Crippen molar-refractivity contribution in [2.75, 3.05) is 0 Å². The van der Waals surface area contributed by atoms with Crippen LogP contribution in [0, 0.1) is 5.82 Å². The zero-order valence-electron chi connectivity index (χ0n) is 14.9. The Morgan fingerprint density at radius 2 is 1.70 bits per heavy atom. The van der Waals surface area contributed by atoms with Crippen LogP contribution in [-0.2, 0) is 19.6 Å². The van der Waals surface area contributed by atoms with E-state index in [0.29, 0.717) is 11.0 Å². The summed E-state index contributed by atoms with van der Waals surface area (Å²) in [5.74, 6) is -0.625. The lowest BCUT2D eigenvalue weighted by Gasteiger charge is -2.32. The molecule has 1 saturated heterocycles. The highest BCUT2D eigenvalue weighted by molar-refractivity contribution is 6.62. The summed E-state index contributed by atoms with van der Waals surface area (Å²) in [6, 6.07) is 5.08. The summed E-state index contributed by atoms with van der Waals surface area (Å²) in [5, 5.41) is 2.77. The Balaban J connectivity index is 2.40. The van der Waals surface area contributed by atoms with E-state index >= 15 is 4.39 Å². The Hall–Kier alpha value is -1.40. The lowest BCUT2D eigenvalue weighted by atomic mass is 9.76. The number of carbonyl (C=O) groups excluding carboxylic acids is 1. The number of halogens is 1. The van der Waals surface area contributed by atoms with Crippen molar-refractivity contribution in [1.29, 1.82) is 0 Å². The molecule has 1 fully saturated rings. The summed E-state index contributed by atoms with van der Waals surface area (Å²) >= 11 is 0. The van der Waals surface area contributed by atoms with Gasteiger partial charge in [-0.2, -0.15) is 0 Å². The fraction of sp³-hybridized carbons (Fsp3) is 0.588. The molecule has 1 amide bonds. The van der Waals surface area contributed by atoms with Gasteiger partial charge in [-0.05, 0) is 41.5 Å². The van der Waals surface area contributed by atoms with E-state index in [1.807, 2.05) is 27.7 Å². The minimum absolute atomic E-state index is 0.213. The second kappa shape index (κ2) is 5.60. The maximum absolute atomic E-state index is 15.1. The fourth-order valence-electron chi connectivity index (χ4n) is 2.69. The van der Waals surface area contributed by atoms with Crippen LogP contribution < -0.4 is 10.8 Å². The molecule has 1 aliphatic rings. The molecule has 2 rings (SSSR count). The summed E-state index contributed by atoms with van der Waals surface area (Å²) in [5.41, 5.74) is -1.14. The van der Waals surface area contributed by atoms with Crippen molar-refractivity contribution in [1.82, 2.24) is 5.32 Å². The first-order valence-electron chi connectivity index (χ1n) is 7.81. The van der Waals surface area contributed by atoms with E-state index in [2.05, 4.69) is 5.32 Å². The van der Waals surface area contributed by atoms with Gasteiger partial charge in [-0.3, -0.25) is 4.79 Å². The van der Waals surface area contributed by atoms with Crippen LogP contribution in [0.3, 0.4) is 0 Å². The van der Waals surface area contributed by atoms with E-state index < -0.39 is 29.7 Å². The molecule has 0 bridgehead atoms. The van der Waals surface area contributed by atoms with Crippen molar-refractivity contribution in [3.05, 3.63) is 29.6 Å². The van der Waals surface area contributed by atoms with Gasteiger partial charge < -0.3 is 14.6 Å². The van der Waals surface area contributed by atoms with Gasteiger partial charge in [-0.1, -0.05) is 18.2 Å². The molecular weight excluding hydrogens is 296 g/mol. The van der Waals surface area contributed by atoms with Crippen LogP contribution in [-0.4, -0.2) is 24.2 Å². The van der Waals surface area contributed by atoms with Gasteiger partial charge in [0.05, 0.1) is 16.7 Å². The SMILES string of the molecule is CC(=O)NC(C)(C)c1cccc(B2OC(C)(C)C(C)(C)O2)c1F. The van der Waals surface area contributed by atoms with Gasteiger partial charge in [0.1, 0.15) is 5.82 Å². The standard InChI is InChI=1S/C17H25BFNO3/c1-11(21)20-15(2,3)12-9-8-10-13(14(12)19)18-22-16(4,5)17(6,7)23-18/h8-10H,1-7H3,(H,20,21). The van der Waals surface area contributed by atoms with E-state index in [9.17, 15) is 4.79 Å². The molecule has 0 radical (unpaired) electrons. The fourth-order valence-corrected chi connectivity index (χ4v) is 2.69. The van der Waals surface area contributed by atoms with Crippen molar-refractivity contribution < 1.29 is 18.5 Å². The third-order valence-electron chi connectivity index (χ3n) is 4.70. The average Bonchev–Trinajstić information content (AvgIpc) is 2.56. The molecule has 0 unspecified atom stereocenters. The van der Waals surface area contributed by atoms with Gasteiger partial charge in [-0.25, -0.2) is 4.39 Å². The van der Waals surface area contributed by atoms with E-state index in [1.165, 1.54) is 6.92 Å². The Labute approximate surface area is 137 Å². The maximum atomic E-state index is 15.1. The van der Waals surface area contributed by atoms with Gasteiger partial charge >= 0.3 is 7.12 Å². The first kappa shape index (κ1) is 18.0. The lowest BCUT2D eigenvalue weighted by Crippen LogP contribution is -2.43. The first-order valence-corrected chi connectivity index (χ1v) is 7.81. The average molecular weight is 321 g/mol. The van der Waals surface area contributed by atoms with Crippen LogP contribution in [0.5, 0.6) is 0 Å². The van der Waals surface area contributed by atoms with Crippen molar-refractivity contribution in [2.24, 2.45) is 0 Å². The second-order valence-corrected chi connectivity index (χ2v) is 7.60. The topological polar surface area (TPSA) is 47.6 Å². The van der Waals surface area contributed by atoms with E-state index in [-0.39, 0.29) is 5.91 Å². The van der Waals surface area contributed by atoms with E-state index in [0.717, 1.165) is 0 Å². The predicted molar refractivity (Wildman–Crippen MR) is 89.0 cm³/mol. The van der Waals surface area contributed by atoms with Gasteiger partial charge in [-0.15, -0.1) is 0 Å². The Morgan fingerprint density at radius 3 is 2.17 bits per heavy atom. The number of hydrogen-bond donors (Lipinski definition) is 1. The molecule has 4 nitrogen and oxygen atoms in total. The number of amides is 1. The smallest absolute Gasteiger partial charge is 0.399 e. The van der Waals surface area contributed by atoms with Crippen molar-refractivity contribution in [3.63, 3.8) is 0 Å². The van der Waals surface area contributed by atoms with Crippen LogP contribution in [0.25, 0.3) is 0 Å². The van der Waals surface area contributed by atoms with Gasteiger partial charge in [0.15, 0.2) is 0 Å². The normalized spacial score (nSPS) is 19.7. The van der Waals surface area contributed by atoms with Crippen LogP contribution in [0.1, 0.15) is 54.0 Å². The van der Waals surface area contributed by atoms with Crippen LogP contribution in [0.15, 0.2) is 18.2 Å². The molecule has 0 spiro atoms. The number of carbonyl (C=O) groups is 1. The first-order chi connectivity index (χ1) is 10.4. The predicted octanol–water partition coefficient (Wildman–Crippen LogP) is 2.50. The Kier molecular flexibility index (Phi) is 4.37. The lowest BCUT2D eigenvalue weighted by molar-refractivity contribution is -0.120. The number of rotatable bonds is 3. The highest BCUT2D eigenvalue weighted by atomic mass is 19.1. The highest BCUT2D eigenvalue weighted by Crippen LogP contribution is 2.37. The molecule has 0 saturated carbocycles. The molecule has 6 heteroatoms. The molecule has 1 aromatic carbocycles. The molecule has 0 aliphatic carbocycles. The van der Waals surface area contributed by atoms with Gasteiger partial charge in [0.25, 0.3) is 0 Å². The van der Waals surface area contributed by atoms with Crippen molar-refractivity contribution in [3.8, 4) is 0 Å².